The number of hydrogen-bond donors (Lipinski definition) is 1. The quantitative estimate of drug-likeness (QED) is 0.250. The normalized spacial score (nSPS) is 11.9. The molecule has 0 aliphatic rings. The third kappa shape index (κ3) is 5.64. The van der Waals surface area contributed by atoms with Gasteiger partial charge in [-0.2, -0.15) is 5.10 Å². The van der Waals surface area contributed by atoms with Crippen LogP contribution in [0.25, 0.3) is 5.69 Å². The Kier molecular flexibility index (Phi) is 7.82. The maximum Gasteiger partial charge on any atom is 0.335 e. The molecule has 1 atom stereocenters. The molecule has 0 spiro atoms. The number of pyridine rings is 1. The fourth-order valence-electron chi connectivity index (χ4n) is 3.73. The summed E-state index contributed by atoms with van der Waals surface area (Å²) in [5.41, 5.74) is 3.44. The molecule has 36 heavy (non-hydrogen) atoms. The van der Waals surface area contributed by atoms with Crippen LogP contribution in [0.1, 0.15) is 60.0 Å². The average Bonchev–Trinajstić information content (AvgIpc) is 3.27. The van der Waals surface area contributed by atoms with Crippen molar-refractivity contribution in [1.29, 1.82) is 0 Å². The molecular weight excluding hydrogens is 501 g/mol. The summed E-state index contributed by atoms with van der Waals surface area (Å²) in [6, 6.07) is 15.3. The number of benzene rings is 2. The van der Waals surface area contributed by atoms with Gasteiger partial charge in [0.25, 0.3) is 0 Å². The van der Waals surface area contributed by atoms with Gasteiger partial charge in [0.2, 0.25) is 5.88 Å². The minimum Gasteiger partial charge on any atom is -0.486 e. The van der Waals surface area contributed by atoms with Crippen molar-refractivity contribution in [3.8, 4) is 17.3 Å². The first-order valence-corrected chi connectivity index (χ1v) is 12.1. The Bertz CT molecular complexity index is 1350. The van der Waals surface area contributed by atoms with E-state index >= 15 is 0 Å². The minimum absolute atomic E-state index is 0.166. The zero-order valence-electron chi connectivity index (χ0n) is 20.0. The van der Waals surface area contributed by atoms with Crippen molar-refractivity contribution in [2.45, 2.75) is 39.4 Å². The van der Waals surface area contributed by atoms with Gasteiger partial charge in [-0.3, -0.25) is 0 Å². The molecule has 2 aromatic carbocycles. The fraction of sp³-hybridized carbons (Fsp3) is 0.222. The molecule has 0 aliphatic carbocycles. The second kappa shape index (κ2) is 11.0. The van der Waals surface area contributed by atoms with Gasteiger partial charge in [0.1, 0.15) is 24.1 Å². The molecule has 4 aromatic rings. The Morgan fingerprint density at radius 1 is 1.03 bits per heavy atom. The van der Waals surface area contributed by atoms with Crippen molar-refractivity contribution in [1.82, 2.24) is 14.8 Å². The van der Waals surface area contributed by atoms with Gasteiger partial charge in [-0.15, -0.1) is 0 Å². The van der Waals surface area contributed by atoms with Crippen LogP contribution in [-0.2, 0) is 6.61 Å². The molecule has 9 heteroatoms. The van der Waals surface area contributed by atoms with Gasteiger partial charge in [-0.05, 0) is 54.8 Å². The Morgan fingerprint density at radius 2 is 1.75 bits per heavy atom. The number of carbonyl (C=O) groups is 1. The monoisotopic (exact) mass is 525 g/mol. The van der Waals surface area contributed by atoms with Crippen molar-refractivity contribution in [2.24, 2.45) is 0 Å². The zero-order chi connectivity index (χ0) is 25.8. The Morgan fingerprint density at radius 3 is 2.39 bits per heavy atom. The van der Waals surface area contributed by atoms with E-state index in [0.717, 1.165) is 16.8 Å². The van der Waals surface area contributed by atoms with Crippen molar-refractivity contribution in [3.05, 3.63) is 99.4 Å². The lowest BCUT2D eigenvalue weighted by molar-refractivity contribution is 0.0696. The lowest BCUT2D eigenvalue weighted by Crippen LogP contribution is -2.10. The smallest absolute Gasteiger partial charge is 0.335 e. The fourth-order valence-corrected chi connectivity index (χ4v) is 4.29. The first-order valence-electron chi connectivity index (χ1n) is 11.3. The molecule has 2 aromatic heterocycles. The summed E-state index contributed by atoms with van der Waals surface area (Å²) in [5.74, 6) is 0.114. The highest BCUT2D eigenvalue weighted by Gasteiger charge is 2.19. The van der Waals surface area contributed by atoms with Crippen LogP contribution in [0.15, 0.2) is 67.0 Å². The van der Waals surface area contributed by atoms with Gasteiger partial charge < -0.3 is 14.6 Å². The van der Waals surface area contributed by atoms with E-state index in [4.69, 9.17) is 37.8 Å². The van der Waals surface area contributed by atoms with Crippen molar-refractivity contribution < 1.29 is 19.4 Å². The summed E-state index contributed by atoms with van der Waals surface area (Å²) >= 11 is 12.9. The number of carboxylic acids is 1. The molecule has 0 fully saturated rings. The predicted molar refractivity (Wildman–Crippen MR) is 139 cm³/mol. The molecule has 2 heterocycles. The summed E-state index contributed by atoms with van der Waals surface area (Å²) in [6.07, 6.45) is 3.14. The molecule has 0 radical (unpaired) electrons. The second-order valence-electron chi connectivity index (χ2n) is 8.49. The molecule has 7 nitrogen and oxygen atoms in total. The van der Waals surface area contributed by atoms with Crippen molar-refractivity contribution in [2.75, 3.05) is 0 Å². The first kappa shape index (κ1) is 25.5. The molecule has 0 amide bonds. The van der Waals surface area contributed by atoms with E-state index in [1.165, 1.54) is 12.1 Å². The number of hydrogen-bond acceptors (Lipinski definition) is 5. The SMILES string of the molecule is CC(C)c1cnn(-c2c(Cl)cccc2Cl)c1COc1ccc(C(C)Oc2cccc(C(=O)O)c2)cn1. The Hall–Kier alpha value is -3.55. The van der Waals surface area contributed by atoms with Crippen LogP contribution >= 0.6 is 23.2 Å². The molecule has 1 N–H and O–H groups in total. The lowest BCUT2D eigenvalue weighted by atomic mass is 10.0. The molecular formula is C27H25Cl2N3O4. The number of aromatic carboxylic acids is 1. The number of ether oxygens (including phenoxy) is 2. The van der Waals surface area contributed by atoms with E-state index in [2.05, 4.69) is 23.9 Å². The van der Waals surface area contributed by atoms with Crippen LogP contribution < -0.4 is 9.47 Å². The minimum atomic E-state index is -1.00. The summed E-state index contributed by atoms with van der Waals surface area (Å²) in [5, 5.41) is 14.7. The van der Waals surface area contributed by atoms with Crippen LogP contribution in [0.4, 0.5) is 0 Å². The molecule has 0 saturated carbocycles. The molecule has 186 valence electrons. The molecule has 0 bridgehead atoms. The van der Waals surface area contributed by atoms with E-state index < -0.39 is 5.97 Å². The van der Waals surface area contributed by atoms with E-state index in [1.54, 1.807) is 53.5 Å². The van der Waals surface area contributed by atoms with E-state index in [0.29, 0.717) is 27.4 Å². The van der Waals surface area contributed by atoms with Crippen molar-refractivity contribution in [3.63, 3.8) is 0 Å². The highest BCUT2D eigenvalue weighted by molar-refractivity contribution is 6.37. The number of para-hydroxylation sites is 1. The highest BCUT2D eigenvalue weighted by atomic mass is 35.5. The first-order chi connectivity index (χ1) is 17.2. The Balaban J connectivity index is 1.49. The summed E-state index contributed by atoms with van der Waals surface area (Å²) in [6.45, 7) is 6.25. The number of nitrogens with zero attached hydrogens (tertiary/aromatic N) is 3. The van der Waals surface area contributed by atoms with E-state index in [9.17, 15) is 4.79 Å². The van der Waals surface area contributed by atoms with Gasteiger partial charge in [0, 0.05) is 17.8 Å². The topological polar surface area (TPSA) is 86.5 Å². The summed E-state index contributed by atoms with van der Waals surface area (Å²) < 4.78 is 13.6. The summed E-state index contributed by atoms with van der Waals surface area (Å²) in [4.78, 5) is 15.6. The molecule has 0 aliphatic heterocycles. The standard InChI is InChI=1S/C27H25Cl2N3O4/c1-16(2)21-14-31-32(26-22(28)8-5-9-23(26)29)24(21)15-35-25-11-10-19(13-30-25)17(3)36-20-7-4-6-18(12-20)27(33)34/h4-14,16-17H,15H2,1-3H3,(H,33,34). The average molecular weight is 526 g/mol. The maximum atomic E-state index is 11.2. The van der Waals surface area contributed by atoms with Gasteiger partial charge in [-0.25, -0.2) is 14.5 Å². The van der Waals surface area contributed by atoms with Crippen LogP contribution in [0.3, 0.4) is 0 Å². The molecule has 0 saturated heterocycles. The number of aromatic nitrogens is 3. The van der Waals surface area contributed by atoms with Crippen molar-refractivity contribution >= 4 is 29.2 Å². The number of halogens is 2. The number of carboxylic acid groups (broad SMARTS) is 1. The number of rotatable bonds is 9. The van der Waals surface area contributed by atoms with Gasteiger partial charge in [0.15, 0.2) is 0 Å². The largest absolute Gasteiger partial charge is 0.486 e. The van der Waals surface area contributed by atoms with Gasteiger partial charge in [0.05, 0.1) is 27.5 Å². The van der Waals surface area contributed by atoms with Gasteiger partial charge >= 0.3 is 5.97 Å². The predicted octanol–water partition coefficient (Wildman–Crippen LogP) is 7.11. The second-order valence-corrected chi connectivity index (χ2v) is 9.31. The third-order valence-corrected chi connectivity index (χ3v) is 6.26. The van der Waals surface area contributed by atoms with Crippen LogP contribution in [-0.4, -0.2) is 25.8 Å². The molecule has 1 unspecified atom stereocenters. The zero-order valence-corrected chi connectivity index (χ0v) is 21.5. The maximum absolute atomic E-state index is 11.2. The molecule has 4 rings (SSSR count). The highest BCUT2D eigenvalue weighted by Crippen LogP contribution is 2.32. The Labute approximate surface area is 219 Å². The third-order valence-electron chi connectivity index (χ3n) is 5.65. The van der Waals surface area contributed by atoms with Crippen LogP contribution in [0.5, 0.6) is 11.6 Å². The lowest BCUT2D eigenvalue weighted by Gasteiger charge is -2.16. The van der Waals surface area contributed by atoms with Gasteiger partial charge in [-0.1, -0.05) is 49.2 Å². The van der Waals surface area contributed by atoms with Crippen LogP contribution in [0, 0.1) is 0 Å². The van der Waals surface area contributed by atoms with E-state index in [1.807, 2.05) is 13.0 Å². The van der Waals surface area contributed by atoms with Crippen LogP contribution in [0.2, 0.25) is 10.0 Å². The van der Waals surface area contributed by atoms with E-state index in [-0.39, 0.29) is 24.2 Å². The summed E-state index contributed by atoms with van der Waals surface area (Å²) in [7, 11) is 0.